The van der Waals surface area contributed by atoms with Crippen LogP contribution in [0.5, 0.6) is 5.75 Å². The van der Waals surface area contributed by atoms with Gasteiger partial charge in [-0.25, -0.2) is 0 Å². The summed E-state index contributed by atoms with van der Waals surface area (Å²) in [5.41, 5.74) is 1.31. The van der Waals surface area contributed by atoms with Crippen LogP contribution >= 0.6 is 0 Å². The molecule has 0 fully saturated rings. The second-order valence-corrected chi connectivity index (χ2v) is 5.80. The molecule has 3 heteroatoms. The van der Waals surface area contributed by atoms with Gasteiger partial charge >= 0.3 is 0 Å². The summed E-state index contributed by atoms with van der Waals surface area (Å²) in [5.74, 6) is 0.115. The summed E-state index contributed by atoms with van der Waals surface area (Å²) < 4.78 is 0. The molecule has 0 saturated heterocycles. The Bertz CT molecular complexity index is 1050. The van der Waals surface area contributed by atoms with Gasteiger partial charge in [0.1, 0.15) is 5.75 Å². The molecule has 0 heterocycles. The second kappa shape index (κ2) is 4.95. The van der Waals surface area contributed by atoms with Crippen LogP contribution in [-0.4, -0.2) is 15.3 Å². The topological polar surface area (TPSA) is 60.7 Å². The molecule has 0 radical (unpaired) electrons. The van der Waals surface area contributed by atoms with Crippen LogP contribution in [0.1, 0.15) is 17.2 Å². The smallest absolute Gasteiger partial charge is 0.128 e. The molecule has 0 bridgehead atoms. The van der Waals surface area contributed by atoms with Gasteiger partial charge in [-0.05, 0) is 39.2 Å². The molecular weight excluding hydrogens is 288 g/mol. The molecule has 0 spiro atoms. The van der Waals surface area contributed by atoms with Crippen molar-refractivity contribution in [2.45, 2.75) is 12.7 Å². The van der Waals surface area contributed by atoms with Gasteiger partial charge in [0.05, 0.1) is 12.7 Å². The molecule has 0 aliphatic heterocycles. The highest BCUT2D eigenvalue weighted by Gasteiger charge is 2.17. The lowest BCUT2D eigenvalue weighted by atomic mass is 9.89. The molecule has 0 amide bonds. The first-order chi connectivity index (χ1) is 11.2. The number of hydrogen-bond acceptors (Lipinski definition) is 3. The third-order valence-electron chi connectivity index (χ3n) is 4.58. The van der Waals surface area contributed by atoms with E-state index in [1.807, 2.05) is 42.5 Å². The minimum Gasteiger partial charge on any atom is -0.507 e. The van der Waals surface area contributed by atoms with Gasteiger partial charge < -0.3 is 15.3 Å². The van der Waals surface area contributed by atoms with Gasteiger partial charge in [-0.15, -0.1) is 6.58 Å². The Morgan fingerprint density at radius 2 is 1.61 bits per heavy atom. The molecule has 4 aromatic carbocycles. The maximum absolute atomic E-state index is 10.4. The molecule has 4 aromatic rings. The van der Waals surface area contributed by atoms with E-state index in [1.165, 1.54) is 6.08 Å². The van der Waals surface area contributed by atoms with Gasteiger partial charge in [-0.2, -0.15) is 0 Å². The van der Waals surface area contributed by atoms with Crippen molar-refractivity contribution in [2.75, 3.05) is 0 Å². The van der Waals surface area contributed by atoms with Crippen LogP contribution in [0.15, 0.2) is 55.1 Å². The number of phenols is 1. The minimum absolute atomic E-state index is 0.115. The van der Waals surface area contributed by atoms with Crippen molar-refractivity contribution in [1.29, 1.82) is 0 Å². The van der Waals surface area contributed by atoms with E-state index in [-0.39, 0.29) is 12.4 Å². The fraction of sp³-hybridized carbons (Fsp3) is 0.100. The first-order valence-electron chi connectivity index (χ1n) is 7.49. The van der Waals surface area contributed by atoms with Crippen LogP contribution in [-0.2, 0) is 6.61 Å². The van der Waals surface area contributed by atoms with E-state index in [1.54, 1.807) is 0 Å². The van der Waals surface area contributed by atoms with Gasteiger partial charge in [-0.3, -0.25) is 0 Å². The number of aromatic hydroxyl groups is 1. The predicted octanol–water partition coefficient (Wildman–Crippen LogP) is 4.00. The summed E-state index contributed by atoms with van der Waals surface area (Å²) in [6.07, 6.45) is 0.772. The summed E-state index contributed by atoms with van der Waals surface area (Å²) in [6.45, 7) is 3.46. The molecule has 114 valence electrons. The molecule has 4 rings (SSSR count). The third-order valence-corrected chi connectivity index (χ3v) is 4.58. The Morgan fingerprint density at radius 3 is 2.35 bits per heavy atom. The van der Waals surface area contributed by atoms with Crippen molar-refractivity contribution < 1.29 is 15.3 Å². The molecule has 0 aromatic heterocycles. The van der Waals surface area contributed by atoms with E-state index in [4.69, 9.17) is 0 Å². The van der Waals surface area contributed by atoms with Gasteiger partial charge in [0.15, 0.2) is 0 Å². The molecule has 0 saturated carbocycles. The predicted molar refractivity (Wildman–Crippen MR) is 92.9 cm³/mol. The fourth-order valence-electron chi connectivity index (χ4n) is 3.45. The van der Waals surface area contributed by atoms with Crippen LogP contribution in [0, 0.1) is 0 Å². The Morgan fingerprint density at radius 1 is 0.957 bits per heavy atom. The number of rotatable bonds is 3. The summed E-state index contributed by atoms with van der Waals surface area (Å²) in [4.78, 5) is 0. The van der Waals surface area contributed by atoms with Crippen molar-refractivity contribution in [3.8, 4) is 5.75 Å². The lowest BCUT2D eigenvalue weighted by molar-refractivity contribution is 0.230. The van der Waals surface area contributed by atoms with E-state index in [0.717, 1.165) is 37.9 Å². The van der Waals surface area contributed by atoms with Crippen molar-refractivity contribution in [3.05, 3.63) is 66.2 Å². The first kappa shape index (κ1) is 14.0. The highest BCUT2D eigenvalue weighted by molar-refractivity contribution is 6.25. The fourth-order valence-corrected chi connectivity index (χ4v) is 3.45. The molecule has 3 N–H and O–H groups in total. The van der Waals surface area contributed by atoms with Crippen molar-refractivity contribution in [1.82, 2.24) is 0 Å². The molecule has 3 nitrogen and oxygen atoms in total. The minimum atomic E-state index is -0.735. The zero-order valence-electron chi connectivity index (χ0n) is 12.5. The summed E-state index contributed by atoms with van der Waals surface area (Å²) in [5, 5.41) is 35.7. The Kier molecular flexibility index (Phi) is 3.01. The van der Waals surface area contributed by atoms with Gasteiger partial charge in [-0.1, -0.05) is 36.4 Å². The van der Waals surface area contributed by atoms with E-state index in [9.17, 15) is 15.3 Å². The quantitative estimate of drug-likeness (QED) is 0.396. The van der Waals surface area contributed by atoms with E-state index in [0.29, 0.717) is 5.56 Å². The molecule has 23 heavy (non-hydrogen) atoms. The number of aliphatic hydroxyl groups is 2. The number of aliphatic hydroxyl groups excluding tert-OH is 2. The van der Waals surface area contributed by atoms with E-state index >= 15 is 0 Å². The highest BCUT2D eigenvalue weighted by Crippen LogP contribution is 2.42. The van der Waals surface area contributed by atoms with Gasteiger partial charge in [0.25, 0.3) is 0 Å². The van der Waals surface area contributed by atoms with Crippen molar-refractivity contribution >= 4 is 32.3 Å². The maximum Gasteiger partial charge on any atom is 0.128 e. The number of benzene rings is 4. The van der Waals surface area contributed by atoms with Crippen molar-refractivity contribution in [3.63, 3.8) is 0 Å². The second-order valence-electron chi connectivity index (χ2n) is 5.80. The Labute approximate surface area is 133 Å². The van der Waals surface area contributed by atoms with Crippen LogP contribution in [0.25, 0.3) is 32.3 Å². The molecule has 1 unspecified atom stereocenters. The van der Waals surface area contributed by atoms with Crippen molar-refractivity contribution in [2.24, 2.45) is 0 Å². The molecule has 0 aliphatic rings. The zero-order valence-corrected chi connectivity index (χ0v) is 12.5. The normalized spacial score (nSPS) is 13.1. The zero-order chi connectivity index (χ0) is 16.1. The standard InChI is InChI=1S/C20H16O3/c1-2-17(22)14-6-5-11-3-4-12-9-13(10-21)20(23)16-8-7-15(14)18(11)19(12)16/h2-9,17,21-23H,1,10H2. The van der Waals surface area contributed by atoms with E-state index < -0.39 is 6.10 Å². The lowest BCUT2D eigenvalue weighted by Crippen LogP contribution is -1.96. The lowest BCUT2D eigenvalue weighted by Gasteiger charge is -2.17. The SMILES string of the molecule is C=CC(O)c1ccc2ccc3cc(CO)c(O)c4ccc1c2c34. The van der Waals surface area contributed by atoms with Crippen LogP contribution < -0.4 is 0 Å². The Balaban J connectivity index is 2.25. The van der Waals surface area contributed by atoms with Gasteiger partial charge in [0, 0.05) is 16.3 Å². The largest absolute Gasteiger partial charge is 0.507 e. The maximum atomic E-state index is 10.4. The average molecular weight is 304 g/mol. The summed E-state index contributed by atoms with van der Waals surface area (Å²) >= 11 is 0. The molecule has 0 aliphatic carbocycles. The third kappa shape index (κ3) is 1.84. The van der Waals surface area contributed by atoms with E-state index in [2.05, 4.69) is 6.58 Å². The van der Waals surface area contributed by atoms with Gasteiger partial charge in [0.2, 0.25) is 0 Å². The summed E-state index contributed by atoms with van der Waals surface area (Å²) in [7, 11) is 0. The number of hydrogen-bond donors (Lipinski definition) is 3. The Hall–Kier alpha value is -2.62. The molecule has 1 atom stereocenters. The van der Waals surface area contributed by atoms with Crippen LogP contribution in [0.2, 0.25) is 0 Å². The van der Waals surface area contributed by atoms with Crippen LogP contribution in [0.4, 0.5) is 0 Å². The highest BCUT2D eigenvalue weighted by atomic mass is 16.3. The van der Waals surface area contributed by atoms with Crippen LogP contribution in [0.3, 0.4) is 0 Å². The molecular formula is C20H16O3. The first-order valence-corrected chi connectivity index (χ1v) is 7.49. The summed E-state index contributed by atoms with van der Waals surface area (Å²) in [6, 6.07) is 13.5. The monoisotopic (exact) mass is 304 g/mol. The average Bonchev–Trinajstić information content (AvgIpc) is 2.60.